The van der Waals surface area contributed by atoms with Crippen molar-refractivity contribution in [2.75, 3.05) is 0 Å². The molecule has 0 aliphatic heterocycles. The largest absolute Gasteiger partial charge is 0.300 e. The van der Waals surface area contributed by atoms with Crippen molar-refractivity contribution in [1.29, 1.82) is 0 Å². The third-order valence-corrected chi connectivity index (χ3v) is 5.88. The monoisotopic (exact) mass is 388 g/mol. The van der Waals surface area contributed by atoms with Gasteiger partial charge < -0.3 is 0 Å². The lowest BCUT2D eigenvalue weighted by atomic mass is 9.75. The fraction of sp³-hybridized carbons (Fsp3) is 0.667. The second kappa shape index (κ2) is 11.9. The van der Waals surface area contributed by atoms with Crippen molar-refractivity contribution in [2.24, 2.45) is 23.7 Å². The van der Waals surface area contributed by atoms with Gasteiger partial charge in [0.15, 0.2) is 11.6 Å². The van der Waals surface area contributed by atoms with Crippen LogP contribution in [0.5, 0.6) is 0 Å². The summed E-state index contributed by atoms with van der Waals surface area (Å²) in [5.41, 5.74) is 1.04. The van der Waals surface area contributed by atoms with Crippen LogP contribution in [0, 0.1) is 23.7 Å². The molecule has 4 nitrogen and oxygen atoms in total. The topological polar surface area (TPSA) is 68.3 Å². The van der Waals surface area contributed by atoms with Crippen LogP contribution in [0.15, 0.2) is 23.8 Å². The minimum atomic E-state index is -0.406. The van der Waals surface area contributed by atoms with Crippen molar-refractivity contribution >= 4 is 23.1 Å². The molecule has 0 amide bonds. The number of rotatable bonds is 9. The third-order valence-electron chi connectivity index (χ3n) is 5.88. The predicted octanol–water partition coefficient (Wildman–Crippen LogP) is 5.05. The summed E-state index contributed by atoms with van der Waals surface area (Å²) in [4.78, 5) is 49.3. The molecule has 28 heavy (non-hydrogen) atoms. The second-order valence-electron chi connectivity index (χ2n) is 8.34. The first-order valence-electron chi connectivity index (χ1n) is 10.6. The zero-order chi connectivity index (χ0) is 21.3. The quantitative estimate of drug-likeness (QED) is 0.518. The Morgan fingerprint density at radius 3 is 2.46 bits per heavy atom. The molecule has 0 saturated carbocycles. The maximum absolute atomic E-state index is 12.8. The predicted molar refractivity (Wildman–Crippen MR) is 112 cm³/mol. The molecule has 0 aromatic rings. The Morgan fingerprint density at radius 2 is 1.89 bits per heavy atom. The van der Waals surface area contributed by atoms with E-state index in [4.69, 9.17) is 0 Å². The van der Waals surface area contributed by atoms with Crippen LogP contribution in [-0.2, 0) is 19.2 Å². The highest BCUT2D eigenvalue weighted by molar-refractivity contribution is 6.00. The van der Waals surface area contributed by atoms with Crippen LogP contribution in [0.25, 0.3) is 0 Å². The molecular formula is C24H36O4. The van der Waals surface area contributed by atoms with E-state index in [1.807, 2.05) is 19.9 Å². The first-order valence-corrected chi connectivity index (χ1v) is 10.6. The summed E-state index contributed by atoms with van der Waals surface area (Å²) in [6.45, 7) is 9.46. The van der Waals surface area contributed by atoms with E-state index in [0.717, 1.165) is 24.8 Å². The van der Waals surface area contributed by atoms with Crippen molar-refractivity contribution in [3.8, 4) is 0 Å². The summed E-state index contributed by atoms with van der Waals surface area (Å²) in [5.74, 6) is -0.580. The summed E-state index contributed by atoms with van der Waals surface area (Å²) < 4.78 is 0. The number of hydrogen-bond donors (Lipinski definition) is 0. The maximum Gasteiger partial charge on any atom is 0.158 e. The van der Waals surface area contributed by atoms with Crippen molar-refractivity contribution in [2.45, 2.75) is 79.6 Å². The van der Waals surface area contributed by atoms with Crippen molar-refractivity contribution in [3.05, 3.63) is 23.8 Å². The van der Waals surface area contributed by atoms with E-state index in [1.54, 1.807) is 12.2 Å². The summed E-state index contributed by atoms with van der Waals surface area (Å²) in [5, 5.41) is 0. The number of ketones is 4. The lowest BCUT2D eigenvalue weighted by Crippen LogP contribution is -2.29. The molecule has 156 valence electrons. The lowest BCUT2D eigenvalue weighted by Gasteiger charge is -2.28. The van der Waals surface area contributed by atoms with Gasteiger partial charge in [-0.2, -0.15) is 0 Å². The van der Waals surface area contributed by atoms with Crippen LogP contribution < -0.4 is 0 Å². The molecule has 0 N–H and O–H groups in total. The van der Waals surface area contributed by atoms with E-state index in [2.05, 4.69) is 13.8 Å². The van der Waals surface area contributed by atoms with Gasteiger partial charge in [-0.05, 0) is 63.5 Å². The minimum absolute atomic E-state index is 0.0173. The molecule has 4 heteroatoms. The average molecular weight is 389 g/mol. The maximum atomic E-state index is 12.8. The second-order valence-corrected chi connectivity index (χ2v) is 8.34. The van der Waals surface area contributed by atoms with Crippen LogP contribution in [0.1, 0.15) is 79.6 Å². The van der Waals surface area contributed by atoms with E-state index in [1.165, 1.54) is 6.92 Å². The van der Waals surface area contributed by atoms with Gasteiger partial charge in [0.05, 0.1) is 6.42 Å². The van der Waals surface area contributed by atoms with Crippen LogP contribution in [0.4, 0.5) is 0 Å². The Morgan fingerprint density at radius 1 is 1.21 bits per heavy atom. The Balaban J connectivity index is 3.07. The van der Waals surface area contributed by atoms with Gasteiger partial charge in [-0.25, -0.2) is 0 Å². The summed E-state index contributed by atoms with van der Waals surface area (Å²) in [7, 11) is 0. The zero-order valence-electron chi connectivity index (χ0n) is 18.1. The first kappa shape index (κ1) is 24.2. The van der Waals surface area contributed by atoms with E-state index >= 15 is 0 Å². The molecular weight excluding hydrogens is 352 g/mol. The van der Waals surface area contributed by atoms with E-state index in [9.17, 15) is 19.2 Å². The number of hydrogen-bond acceptors (Lipinski definition) is 4. The molecule has 0 aromatic heterocycles. The van der Waals surface area contributed by atoms with Crippen LogP contribution >= 0.6 is 0 Å². The van der Waals surface area contributed by atoms with Crippen molar-refractivity contribution < 1.29 is 19.2 Å². The highest BCUT2D eigenvalue weighted by Gasteiger charge is 2.31. The Kier molecular flexibility index (Phi) is 10.3. The standard InChI is InChI=1S/C24H36O4/c1-6-9-19(22(7-2)24(28)13-18(5)25)14-20-15-21(26)12-17(4)16(3)10-8-11-23(20)27/h8,11-12,16,19-20,22H,6-7,9-10,13-15H2,1-5H3/b11-8+,17-12+. The third kappa shape index (κ3) is 7.65. The zero-order valence-corrected chi connectivity index (χ0v) is 18.1. The fourth-order valence-corrected chi connectivity index (χ4v) is 4.13. The van der Waals surface area contributed by atoms with Gasteiger partial charge in [0.25, 0.3) is 0 Å². The van der Waals surface area contributed by atoms with Gasteiger partial charge in [0, 0.05) is 18.3 Å². The Hall–Kier alpha value is -1.84. The summed E-state index contributed by atoms with van der Waals surface area (Å²) in [6.07, 6.45) is 8.96. The van der Waals surface area contributed by atoms with Crippen molar-refractivity contribution in [3.63, 3.8) is 0 Å². The van der Waals surface area contributed by atoms with Crippen LogP contribution in [0.3, 0.4) is 0 Å². The first-order chi connectivity index (χ1) is 13.2. The Labute approximate surface area is 169 Å². The van der Waals surface area contributed by atoms with Gasteiger partial charge >= 0.3 is 0 Å². The fourth-order valence-electron chi connectivity index (χ4n) is 4.13. The van der Waals surface area contributed by atoms with E-state index in [-0.39, 0.29) is 53.7 Å². The normalized spacial score (nSPS) is 26.1. The molecule has 0 bridgehead atoms. The van der Waals surface area contributed by atoms with Gasteiger partial charge in [-0.15, -0.1) is 0 Å². The molecule has 0 fully saturated rings. The molecule has 0 aromatic carbocycles. The molecule has 1 rings (SSSR count). The average Bonchev–Trinajstić information content (AvgIpc) is 2.60. The molecule has 1 aliphatic rings. The molecule has 1 aliphatic carbocycles. The lowest BCUT2D eigenvalue weighted by molar-refractivity contribution is -0.130. The van der Waals surface area contributed by atoms with E-state index < -0.39 is 5.92 Å². The van der Waals surface area contributed by atoms with Crippen LogP contribution in [-0.4, -0.2) is 23.1 Å². The number of carbonyl (C=O) groups is 4. The SMILES string of the molecule is CCCC(CC1CC(=O)/C=C(\C)C(C)C/C=C/C1=O)C(CC)C(=O)CC(C)=O. The molecule has 4 unspecified atom stereocenters. The molecule has 0 saturated heterocycles. The van der Waals surface area contributed by atoms with Gasteiger partial charge in [-0.1, -0.05) is 38.8 Å². The van der Waals surface area contributed by atoms with E-state index in [0.29, 0.717) is 12.8 Å². The number of Topliss-reactive ketones (excluding diaryl/α,β-unsaturated/α-hetero) is 2. The number of allylic oxidation sites excluding steroid dienone is 4. The highest BCUT2D eigenvalue weighted by Crippen LogP contribution is 2.32. The number of carbonyl (C=O) groups excluding carboxylic acids is 4. The molecule has 0 radical (unpaired) electrons. The molecule has 0 heterocycles. The van der Waals surface area contributed by atoms with Crippen LogP contribution in [0.2, 0.25) is 0 Å². The smallest absolute Gasteiger partial charge is 0.158 e. The summed E-state index contributed by atoms with van der Waals surface area (Å²) in [6, 6.07) is 0. The van der Waals surface area contributed by atoms with Crippen molar-refractivity contribution in [1.82, 2.24) is 0 Å². The van der Waals surface area contributed by atoms with Gasteiger partial charge in [0.1, 0.15) is 11.6 Å². The van der Waals surface area contributed by atoms with Gasteiger partial charge in [-0.3, -0.25) is 19.2 Å². The highest BCUT2D eigenvalue weighted by atomic mass is 16.2. The molecule has 4 atom stereocenters. The molecule has 0 spiro atoms. The summed E-state index contributed by atoms with van der Waals surface area (Å²) >= 11 is 0. The Bertz CT molecular complexity index is 641. The van der Waals surface area contributed by atoms with Gasteiger partial charge in [0.2, 0.25) is 0 Å². The minimum Gasteiger partial charge on any atom is -0.300 e.